The predicted octanol–water partition coefficient (Wildman–Crippen LogP) is 1.09. The van der Waals surface area contributed by atoms with Crippen LogP contribution >= 0.6 is 0 Å². The largest absolute Gasteiger partial charge is 0.325 e. The Morgan fingerprint density at radius 1 is 1.30 bits per heavy atom. The molecule has 20 heavy (non-hydrogen) atoms. The van der Waals surface area contributed by atoms with Crippen molar-refractivity contribution in [2.24, 2.45) is 0 Å². The van der Waals surface area contributed by atoms with Gasteiger partial charge >= 0.3 is 6.03 Å². The first-order valence-electron chi connectivity index (χ1n) is 6.93. The maximum absolute atomic E-state index is 12.5. The normalized spacial score (nSPS) is 25.6. The molecule has 1 aromatic carbocycles. The van der Waals surface area contributed by atoms with Crippen LogP contribution in [0.2, 0.25) is 0 Å². The van der Waals surface area contributed by atoms with Crippen molar-refractivity contribution in [3.63, 3.8) is 0 Å². The highest BCUT2D eigenvalue weighted by molar-refractivity contribution is 6.07. The number of nitrogens with one attached hydrogen (secondary N) is 2. The first kappa shape index (κ1) is 13.1. The molecule has 106 valence electrons. The lowest BCUT2D eigenvalue weighted by atomic mass is 9.98. The average Bonchev–Trinajstić information content (AvgIpc) is 2.96. The smallest absolute Gasteiger partial charge is 0.322 e. The molecule has 3 rings (SSSR count). The number of benzene rings is 1. The second-order valence-electron chi connectivity index (χ2n) is 5.76. The van der Waals surface area contributed by atoms with Crippen molar-refractivity contribution in [3.8, 4) is 0 Å². The van der Waals surface area contributed by atoms with Crippen LogP contribution in [0.5, 0.6) is 0 Å². The summed E-state index contributed by atoms with van der Waals surface area (Å²) in [5.41, 5.74) is 2.54. The molecule has 1 spiro atoms. The van der Waals surface area contributed by atoms with Crippen molar-refractivity contribution in [2.75, 3.05) is 13.1 Å². The van der Waals surface area contributed by atoms with Crippen molar-refractivity contribution >= 4 is 11.9 Å². The molecule has 1 aromatic rings. The molecule has 0 radical (unpaired) electrons. The second kappa shape index (κ2) is 4.59. The highest BCUT2D eigenvalue weighted by atomic mass is 16.2. The highest BCUT2D eigenvalue weighted by Gasteiger charge is 2.52. The number of hydrogen-bond acceptors (Lipinski definition) is 3. The Labute approximate surface area is 118 Å². The van der Waals surface area contributed by atoms with Crippen LogP contribution in [-0.4, -0.2) is 35.5 Å². The number of hydrogen-bond donors (Lipinski definition) is 2. The van der Waals surface area contributed by atoms with E-state index in [1.54, 1.807) is 0 Å². The van der Waals surface area contributed by atoms with Gasteiger partial charge in [-0.3, -0.25) is 9.69 Å². The molecule has 2 saturated heterocycles. The molecule has 0 bridgehead atoms. The molecule has 0 aliphatic carbocycles. The minimum Gasteiger partial charge on any atom is -0.322 e. The van der Waals surface area contributed by atoms with E-state index >= 15 is 0 Å². The van der Waals surface area contributed by atoms with E-state index in [4.69, 9.17) is 0 Å². The average molecular weight is 273 g/mol. The van der Waals surface area contributed by atoms with Crippen molar-refractivity contribution < 1.29 is 9.59 Å². The van der Waals surface area contributed by atoms with Gasteiger partial charge in [0.25, 0.3) is 5.91 Å². The van der Waals surface area contributed by atoms with Crippen LogP contribution in [0.1, 0.15) is 23.1 Å². The van der Waals surface area contributed by atoms with Gasteiger partial charge in [0, 0.05) is 6.54 Å². The number of amides is 3. The standard InChI is InChI=1S/C15H19N3O2/c1-10-3-4-11(2)12(7-10)8-18-13(19)15(17-14(18)20)5-6-16-9-15/h3-4,7,16H,5-6,8-9H2,1-2H3,(H,17,20)/t15-/m1/s1. The van der Waals surface area contributed by atoms with Gasteiger partial charge in [0.1, 0.15) is 5.54 Å². The third-order valence-electron chi connectivity index (χ3n) is 4.23. The fourth-order valence-corrected chi connectivity index (χ4v) is 2.94. The fraction of sp³-hybridized carbons (Fsp3) is 0.467. The first-order chi connectivity index (χ1) is 9.52. The minimum atomic E-state index is -0.713. The van der Waals surface area contributed by atoms with E-state index < -0.39 is 5.54 Å². The third kappa shape index (κ3) is 1.98. The van der Waals surface area contributed by atoms with Gasteiger partial charge in [-0.2, -0.15) is 0 Å². The van der Waals surface area contributed by atoms with E-state index in [0.29, 0.717) is 19.5 Å². The number of carbonyl (C=O) groups excluding carboxylic acids is 2. The summed E-state index contributed by atoms with van der Waals surface area (Å²) >= 11 is 0. The van der Waals surface area contributed by atoms with Crippen LogP contribution in [0.3, 0.4) is 0 Å². The van der Waals surface area contributed by atoms with E-state index in [-0.39, 0.29) is 11.9 Å². The van der Waals surface area contributed by atoms with Crippen LogP contribution in [-0.2, 0) is 11.3 Å². The zero-order chi connectivity index (χ0) is 14.3. The minimum absolute atomic E-state index is 0.103. The lowest BCUT2D eigenvalue weighted by Crippen LogP contribution is -2.48. The van der Waals surface area contributed by atoms with Gasteiger partial charge in [-0.25, -0.2) is 4.79 Å². The van der Waals surface area contributed by atoms with Crippen LogP contribution < -0.4 is 10.6 Å². The molecular formula is C15H19N3O2. The number of nitrogens with zero attached hydrogens (tertiary/aromatic N) is 1. The fourth-order valence-electron chi connectivity index (χ4n) is 2.94. The summed E-state index contributed by atoms with van der Waals surface area (Å²) in [5, 5.41) is 6.01. The van der Waals surface area contributed by atoms with E-state index in [1.165, 1.54) is 4.90 Å². The molecule has 1 atom stereocenters. The SMILES string of the molecule is Cc1ccc(C)c(CN2C(=O)N[C@@]3(CCNC3)C2=O)c1. The summed E-state index contributed by atoms with van der Waals surface area (Å²) in [6, 6.07) is 5.82. The molecule has 0 saturated carbocycles. The highest BCUT2D eigenvalue weighted by Crippen LogP contribution is 2.26. The quantitative estimate of drug-likeness (QED) is 0.793. The van der Waals surface area contributed by atoms with Gasteiger partial charge in [0.05, 0.1) is 6.54 Å². The Bertz CT molecular complexity index is 576. The Morgan fingerprint density at radius 3 is 2.80 bits per heavy atom. The van der Waals surface area contributed by atoms with Crippen molar-refractivity contribution in [3.05, 3.63) is 34.9 Å². The molecule has 5 nitrogen and oxygen atoms in total. The molecule has 2 N–H and O–H groups in total. The van der Waals surface area contributed by atoms with Crippen LogP contribution in [0.4, 0.5) is 4.79 Å². The van der Waals surface area contributed by atoms with E-state index in [0.717, 1.165) is 23.2 Å². The number of aryl methyl sites for hydroxylation is 2. The third-order valence-corrected chi connectivity index (χ3v) is 4.23. The molecule has 0 unspecified atom stereocenters. The molecule has 5 heteroatoms. The zero-order valence-electron chi connectivity index (χ0n) is 11.8. The molecule has 2 heterocycles. The number of imide groups is 1. The van der Waals surface area contributed by atoms with Crippen LogP contribution in [0, 0.1) is 13.8 Å². The summed E-state index contributed by atoms with van der Waals surface area (Å²) in [4.78, 5) is 26.0. The number of rotatable bonds is 2. The summed E-state index contributed by atoms with van der Waals surface area (Å²) in [5.74, 6) is -0.103. The molecule has 0 aromatic heterocycles. The Kier molecular flexibility index (Phi) is 3.01. The summed E-state index contributed by atoms with van der Waals surface area (Å²) in [6.45, 7) is 5.65. The molecule has 2 aliphatic heterocycles. The lowest BCUT2D eigenvalue weighted by Gasteiger charge is -2.19. The second-order valence-corrected chi connectivity index (χ2v) is 5.76. The molecular weight excluding hydrogens is 254 g/mol. The van der Waals surface area contributed by atoms with E-state index in [9.17, 15) is 9.59 Å². The topological polar surface area (TPSA) is 61.4 Å². The summed E-state index contributed by atoms with van der Waals surface area (Å²) < 4.78 is 0. The Hall–Kier alpha value is -1.88. The van der Waals surface area contributed by atoms with Crippen molar-refractivity contribution in [2.45, 2.75) is 32.4 Å². The van der Waals surface area contributed by atoms with Gasteiger partial charge in [-0.05, 0) is 37.9 Å². The summed E-state index contributed by atoms with van der Waals surface area (Å²) in [6.07, 6.45) is 0.668. The van der Waals surface area contributed by atoms with Gasteiger partial charge in [0.15, 0.2) is 0 Å². The lowest BCUT2D eigenvalue weighted by molar-refractivity contribution is -0.131. The van der Waals surface area contributed by atoms with Gasteiger partial charge in [0.2, 0.25) is 0 Å². The number of carbonyl (C=O) groups is 2. The Balaban J connectivity index is 1.86. The zero-order valence-corrected chi connectivity index (χ0v) is 11.8. The monoisotopic (exact) mass is 273 g/mol. The Morgan fingerprint density at radius 2 is 2.10 bits per heavy atom. The van der Waals surface area contributed by atoms with E-state index in [1.807, 2.05) is 32.0 Å². The van der Waals surface area contributed by atoms with Gasteiger partial charge in [-0.1, -0.05) is 23.8 Å². The summed E-state index contributed by atoms with van der Waals surface area (Å²) in [7, 11) is 0. The van der Waals surface area contributed by atoms with Crippen LogP contribution in [0.15, 0.2) is 18.2 Å². The maximum Gasteiger partial charge on any atom is 0.325 e. The van der Waals surface area contributed by atoms with E-state index in [2.05, 4.69) is 10.6 Å². The van der Waals surface area contributed by atoms with Crippen molar-refractivity contribution in [1.29, 1.82) is 0 Å². The first-order valence-corrected chi connectivity index (χ1v) is 6.93. The van der Waals surface area contributed by atoms with Crippen molar-refractivity contribution in [1.82, 2.24) is 15.5 Å². The molecule has 2 fully saturated rings. The molecule has 3 amide bonds. The predicted molar refractivity (Wildman–Crippen MR) is 75.2 cm³/mol. The maximum atomic E-state index is 12.5. The molecule has 2 aliphatic rings. The van der Waals surface area contributed by atoms with Gasteiger partial charge < -0.3 is 10.6 Å². The number of urea groups is 1. The van der Waals surface area contributed by atoms with Gasteiger partial charge in [-0.15, -0.1) is 0 Å². The van der Waals surface area contributed by atoms with Crippen LogP contribution in [0.25, 0.3) is 0 Å².